The Labute approximate surface area is 165 Å². The minimum absolute atomic E-state index is 0.0304. The fourth-order valence-electron chi connectivity index (χ4n) is 6.16. The molecule has 6 heteroatoms. The van der Waals surface area contributed by atoms with Gasteiger partial charge in [0.15, 0.2) is 0 Å². The molecule has 1 spiro atoms. The second kappa shape index (κ2) is 6.90. The summed E-state index contributed by atoms with van der Waals surface area (Å²) in [5.74, 6) is 1.28. The van der Waals surface area contributed by atoms with Crippen molar-refractivity contribution in [2.75, 3.05) is 33.4 Å². The van der Waals surface area contributed by atoms with Gasteiger partial charge in [-0.25, -0.2) is 9.18 Å². The van der Waals surface area contributed by atoms with Gasteiger partial charge in [-0.2, -0.15) is 0 Å². The van der Waals surface area contributed by atoms with Crippen molar-refractivity contribution in [2.45, 2.75) is 56.0 Å². The highest BCUT2D eigenvalue weighted by molar-refractivity contribution is 5.68. The normalized spacial score (nSPS) is 31.4. The largest absolute Gasteiger partial charge is 0.492 e. The number of hydrogen-bond donors (Lipinski definition) is 0. The summed E-state index contributed by atoms with van der Waals surface area (Å²) >= 11 is 0. The minimum Gasteiger partial charge on any atom is -0.492 e. The predicted molar refractivity (Wildman–Crippen MR) is 103 cm³/mol. The third-order valence-electron chi connectivity index (χ3n) is 7.70. The Morgan fingerprint density at radius 1 is 1.25 bits per heavy atom. The van der Waals surface area contributed by atoms with Gasteiger partial charge < -0.3 is 19.3 Å². The van der Waals surface area contributed by atoms with Gasteiger partial charge in [0.1, 0.15) is 11.6 Å². The summed E-state index contributed by atoms with van der Waals surface area (Å²) in [4.78, 5) is 16.7. The van der Waals surface area contributed by atoms with Crippen molar-refractivity contribution in [1.29, 1.82) is 0 Å². The van der Waals surface area contributed by atoms with Gasteiger partial charge in [0.25, 0.3) is 0 Å². The first-order chi connectivity index (χ1) is 13.6. The zero-order chi connectivity index (χ0) is 19.3. The molecule has 1 aliphatic carbocycles. The SMILES string of the molecule is COC(=O)N1CCCC2CC(N3CCC4(CC3)COc3ccc(F)cc34)CC21. The summed E-state index contributed by atoms with van der Waals surface area (Å²) in [6.45, 7) is 3.53. The Bertz CT molecular complexity index is 762. The average molecular weight is 388 g/mol. The molecular weight excluding hydrogens is 359 g/mol. The number of amides is 1. The molecule has 5 nitrogen and oxygen atoms in total. The number of carbonyl (C=O) groups excluding carboxylic acids is 1. The van der Waals surface area contributed by atoms with Gasteiger partial charge in [0.05, 0.1) is 13.7 Å². The lowest BCUT2D eigenvalue weighted by atomic mass is 9.74. The summed E-state index contributed by atoms with van der Waals surface area (Å²) < 4.78 is 24.7. The lowest BCUT2D eigenvalue weighted by Gasteiger charge is -2.41. The van der Waals surface area contributed by atoms with E-state index in [1.54, 1.807) is 12.1 Å². The summed E-state index contributed by atoms with van der Waals surface area (Å²) in [5.41, 5.74) is 1.03. The molecule has 3 fully saturated rings. The van der Waals surface area contributed by atoms with Crippen molar-refractivity contribution in [3.8, 4) is 5.75 Å². The smallest absolute Gasteiger partial charge is 0.409 e. The number of benzene rings is 1. The van der Waals surface area contributed by atoms with Gasteiger partial charge in [-0.15, -0.1) is 0 Å². The van der Waals surface area contributed by atoms with Crippen molar-refractivity contribution in [3.63, 3.8) is 0 Å². The number of likely N-dealkylation sites (tertiary alicyclic amines) is 2. The fourth-order valence-corrected chi connectivity index (χ4v) is 6.16. The standard InChI is InChI=1S/C22H29FN2O3/c1-27-21(26)25-8-2-3-15-11-17(13-19(15)25)24-9-6-22(7-10-24)14-28-20-5-4-16(23)12-18(20)22/h4-5,12,15,17,19H,2-3,6-11,13-14H2,1H3. The van der Waals surface area contributed by atoms with Gasteiger partial charge in [0, 0.05) is 29.6 Å². The van der Waals surface area contributed by atoms with Crippen LogP contribution in [0.5, 0.6) is 5.75 Å². The van der Waals surface area contributed by atoms with Crippen LogP contribution in [0.1, 0.15) is 44.1 Å². The van der Waals surface area contributed by atoms with Gasteiger partial charge in [0.2, 0.25) is 0 Å². The van der Waals surface area contributed by atoms with E-state index in [1.165, 1.54) is 26.0 Å². The zero-order valence-corrected chi connectivity index (χ0v) is 16.5. The number of rotatable bonds is 1. The molecule has 3 aliphatic heterocycles. The molecule has 28 heavy (non-hydrogen) atoms. The Morgan fingerprint density at radius 2 is 2.07 bits per heavy atom. The van der Waals surface area contributed by atoms with Crippen LogP contribution >= 0.6 is 0 Å². The number of methoxy groups -OCH3 is 1. The molecule has 4 aliphatic rings. The van der Waals surface area contributed by atoms with Gasteiger partial charge in [-0.1, -0.05) is 0 Å². The first-order valence-electron chi connectivity index (χ1n) is 10.6. The highest BCUT2D eigenvalue weighted by Gasteiger charge is 2.48. The second-order valence-electron chi connectivity index (χ2n) is 9.00. The molecule has 0 bridgehead atoms. The van der Waals surface area contributed by atoms with E-state index in [9.17, 15) is 9.18 Å². The van der Waals surface area contributed by atoms with Crippen molar-refractivity contribution in [1.82, 2.24) is 9.80 Å². The number of hydrogen-bond acceptors (Lipinski definition) is 4. The topological polar surface area (TPSA) is 42.0 Å². The highest BCUT2D eigenvalue weighted by atomic mass is 19.1. The number of nitrogens with zero attached hydrogens (tertiary/aromatic N) is 2. The number of piperidine rings is 2. The minimum atomic E-state index is -0.172. The van der Waals surface area contributed by atoms with Crippen LogP contribution in [0.25, 0.3) is 0 Å². The van der Waals surface area contributed by atoms with Gasteiger partial charge in [-0.05, 0) is 75.7 Å². The van der Waals surface area contributed by atoms with Gasteiger partial charge >= 0.3 is 6.09 Å². The summed E-state index contributed by atoms with van der Waals surface area (Å²) in [6.07, 6.45) is 6.36. The molecule has 3 atom stereocenters. The molecule has 1 aromatic rings. The molecule has 0 radical (unpaired) electrons. The molecular formula is C22H29FN2O3. The number of halogens is 1. The molecule has 0 aromatic heterocycles. The van der Waals surface area contributed by atoms with E-state index in [1.807, 2.05) is 4.90 Å². The highest BCUT2D eigenvalue weighted by Crippen LogP contribution is 2.47. The second-order valence-corrected chi connectivity index (χ2v) is 9.00. The third-order valence-corrected chi connectivity index (χ3v) is 7.70. The number of carbonyl (C=O) groups is 1. The van der Waals surface area contributed by atoms with Gasteiger partial charge in [-0.3, -0.25) is 0 Å². The van der Waals surface area contributed by atoms with Crippen LogP contribution in [0.2, 0.25) is 0 Å². The van der Waals surface area contributed by atoms with Crippen LogP contribution in [0, 0.1) is 11.7 Å². The molecule has 5 rings (SSSR count). The van der Waals surface area contributed by atoms with Crippen molar-refractivity contribution in [2.24, 2.45) is 5.92 Å². The van der Waals surface area contributed by atoms with E-state index < -0.39 is 0 Å². The fraction of sp³-hybridized carbons (Fsp3) is 0.682. The van der Waals surface area contributed by atoms with Crippen LogP contribution in [0.4, 0.5) is 9.18 Å². The number of fused-ring (bicyclic) bond motifs is 3. The average Bonchev–Trinajstić information content (AvgIpc) is 3.30. The Hall–Kier alpha value is -1.82. The maximum atomic E-state index is 13.8. The molecule has 1 saturated carbocycles. The van der Waals surface area contributed by atoms with E-state index in [4.69, 9.17) is 9.47 Å². The Kier molecular flexibility index (Phi) is 4.49. The summed E-state index contributed by atoms with van der Waals surface area (Å²) in [5, 5.41) is 0. The monoisotopic (exact) mass is 388 g/mol. The summed E-state index contributed by atoms with van der Waals surface area (Å²) in [6, 6.07) is 5.80. The van der Waals surface area contributed by atoms with E-state index in [2.05, 4.69) is 4.90 Å². The van der Waals surface area contributed by atoms with E-state index in [0.717, 1.165) is 56.6 Å². The first-order valence-corrected chi connectivity index (χ1v) is 10.6. The summed E-state index contributed by atoms with van der Waals surface area (Å²) in [7, 11) is 1.48. The molecule has 1 aromatic carbocycles. The Morgan fingerprint density at radius 3 is 2.86 bits per heavy atom. The first kappa shape index (κ1) is 18.2. The molecule has 3 unspecified atom stereocenters. The lowest BCUT2D eigenvalue weighted by Crippen LogP contribution is -2.48. The molecule has 3 heterocycles. The van der Waals surface area contributed by atoms with Crippen molar-refractivity contribution < 1.29 is 18.7 Å². The molecule has 152 valence electrons. The van der Waals surface area contributed by atoms with Crippen LogP contribution in [-0.4, -0.2) is 61.3 Å². The van der Waals surface area contributed by atoms with E-state index in [-0.39, 0.29) is 17.3 Å². The number of ether oxygens (including phenoxy) is 2. The predicted octanol–water partition coefficient (Wildman–Crippen LogP) is 3.56. The molecule has 2 saturated heterocycles. The quantitative estimate of drug-likeness (QED) is 0.738. The van der Waals surface area contributed by atoms with E-state index in [0.29, 0.717) is 24.6 Å². The van der Waals surface area contributed by atoms with Crippen LogP contribution in [0.3, 0.4) is 0 Å². The van der Waals surface area contributed by atoms with E-state index >= 15 is 0 Å². The lowest BCUT2D eigenvalue weighted by molar-refractivity contribution is 0.0733. The van der Waals surface area contributed by atoms with Crippen LogP contribution < -0.4 is 4.74 Å². The third kappa shape index (κ3) is 2.88. The zero-order valence-electron chi connectivity index (χ0n) is 16.5. The maximum absolute atomic E-state index is 13.8. The Balaban J connectivity index is 1.26. The maximum Gasteiger partial charge on any atom is 0.409 e. The molecule has 1 amide bonds. The van der Waals surface area contributed by atoms with Crippen molar-refractivity contribution in [3.05, 3.63) is 29.6 Å². The van der Waals surface area contributed by atoms with Crippen molar-refractivity contribution >= 4 is 6.09 Å². The van der Waals surface area contributed by atoms with Crippen LogP contribution in [-0.2, 0) is 10.2 Å². The molecule has 0 N–H and O–H groups in total. The van der Waals surface area contributed by atoms with Crippen LogP contribution in [0.15, 0.2) is 18.2 Å².